The highest BCUT2D eigenvalue weighted by Gasteiger charge is 2.51. The third-order valence-corrected chi connectivity index (χ3v) is 4.00. The number of esters is 1. The van der Waals surface area contributed by atoms with Crippen LogP contribution >= 0.6 is 0 Å². The smallest absolute Gasteiger partial charge is 0.306 e. The Kier molecular flexibility index (Phi) is 2.74. The Labute approximate surface area is 116 Å². The molecule has 106 valence electrons. The lowest BCUT2D eigenvalue weighted by molar-refractivity contribution is -0.150. The zero-order valence-corrected chi connectivity index (χ0v) is 11.4. The van der Waals surface area contributed by atoms with Gasteiger partial charge in [-0.3, -0.25) is 9.59 Å². The van der Waals surface area contributed by atoms with E-state index in [4.69, 9.17) is 9.47 Å². The molecule has 0 spiro atoms. The standard InChI is InChI=1S/C15H16O5/c1-8-6-12(18)19-14(8)15(2)7-10(17)13-9(16)4-3-5-11(13)20-15/h3-5,8,14,16H,6-7H2,1-2H3/t8-,14+,15+/m0/s1. The van der Waals surface area contributed by atoms with Crippen LogP contribution in [0.15, 0.2) is 18.2 Å². The van der Waals surface area contributed by atoms with Gasteiger partial charge in [0.2, 0.25) is 0 Å². The molecule has 0 bridgehead atoms. The number of ether oxygens (including phenoxy) is 2. The summed E-state index contributed by atoms with van der Waals surface area (Å²) in [5.74, 6) is -0.187. The molecule has 0 saturated carbocycles. The maximum absolute atomic E-state index is 12.3. The molecule has 1 N–H and O–H groups in total. The van der Waals surface area contributed by atoms with Crippen LogP contribution < -0.4 is 4.74 Å². The Hall–Kier alpha value is -2.04. The molecule has 0 aliphatic carbocycles. The number of hydrogen-bond acceptors (Lipinski definition) is 5. The van der Waals surface area contributed by atoms with Crippen LogP contribution in [0, 0.1) is 5.92 Å². The van der Waals surface area contributed by atoms with Crippen molar-refractivity contribution < 1.29 is 24.2 Å². The molecule has 2 aliphatic rings. The van der Waals surface area contributed by atoms with E-state index in [1.54, 1.807) is 19.1 Å². The predicted octanol–water partition coefficient (Wildman–Crippen LogP) is 2.07. The van der Waals surface area contributed by atoms with Crippen LogP contribution in [0.25, 0.3) is 0 Å². The second kappa shape index (κ2) is 4.23. The molecule has 5 nitrogen and oxygen atoms in total. The largest absolute Gasteiger partial charge is 0.507 e. The summed E-state index contributed by atoms with van der Waals surface area (Å²) in [7, 11) is 0. The fraction of sp³-hybridized carbons (Fsp3) is 0.467. The lowest BCUT2D eigenvalue weighted by atomic mass is 9.82. The monoisotopic (exact) mass is 276 g/mol. The van der Waals surface area contributed by atoms with Crippen LogP contribution in [0.4, 0.5) is 0 Å². The van der Waals surface area contributed by atoms with Crippen molar-refractivity contribution >= 4 is 11.8 Å². The molecule has 0 aromatic heterocycles. The lowest BCUT2D eigenvalue weighted by Gasteiger charge is -2.39. The Balaban J connectivity index is 1.98. The van der Waals surface area contributed by atoms with Gasteiger partial charge in [-0.15, -0.1) is 0 Å². The van der Waals surface area contributed by atoms with Crippen LogP contribution in [-0.2, 0) is 9.53 Å². The number of phenolic OH excluding ortho intramolecular Hbond substituents is 1. The van der Waals surface area contributed by atoms with E-state index in [0.29, 0.717) is 12.2 Å². The molecule has 1 aromatic carbocycles. The maximum atomic E-state index is 12.3. The fourth-order valence-electron chi connectivity index (χ4n) is 3.14. The molecular weight excluding hydrogens is 260 g/mol. The van der Waals surface area contributed by atoms with Crippen molar-refractivity contribution in [1.82, 2.24) is 0 Å². The summed E-state index contributed by atoms with van der Waals surface area (Å²) >= 11 is 0. The Bertz CT molecular complexity index is 594. The van der Waals surface area contributed by atoms with Gasteiger partial charge in [-0.1, -0.05) is 13.0 Å². The van der Waals surface area contributed by atoms with Crippen molar-refractivity contribution in [2.24, 2.45) is 5.92 Å². The first-order chi connectivity index (χ1) is 9.40. The van der Waals surface area contributed by atoms with E-state index in [1.165, 1.54) is 6.07 Å². The molecule has 1 saturated heterocycles. The first-order valence-electron chi connectivity index (χ1n) is 6.64. The van der Waals surface area contributed by atoms with E-state index in [9.17, 15) is 14.7 Å². The van der Waals surface area contributed by atoms with Gasteiger partial charge < -0.3 is 14.6 Å². The van der Waals surface area contributed by atoms with Crippen molar-refractivity contribution in [3.8, 4) is 11.5 Å². The minimum atomic E-state index is -0.885. The number of fused-ring (bicyclic) bond motifs is 1. The van der Waals surface area contributed by atoms with Gasteiger partial charge in [-0.05, 0) is 19.1 Å². The molecule has 0 unspecified atom stereocenters. The van der Waals surface area contributed by atoms with Gasteiger partial charge in [0.1, 0.15) is 23.2 Å². The zero-order chi connectivity index (χ0) is 14.5. The topological polar surface area (TPSA) is 72.8 Å². The number of carbonyl (C=O) groups is 2. The number of benzene rings is 1. The number of cyclic esters (lactones) is 1. The second-order valence-electron chi connectivity index (χ2n) is 5.76. The third kappa shape index (κ3) is 1.85. The van der Waals surface area contributed by atoms with Crippen LogP contribution in [0.5, 0.6) is 11.5 Å². The SMILES string of the molecule is C[C@H]1CC(=O)O[C@H]1[C@@]1(C)CC(=O)c2c(O)cccc2O1. The Morgan fingerprint density at radius 3 is 2.75 bits per heavy atom. The van der Waals surface area contributed by atoms with Gasteiger partial charge in [0, 0.05) is 5.92 Å². The highest BCUT2D eigenvalue weighted by Crippen LogP contribution is 2.43. The van der Waals surface area contributed by atoms with Crippen LogP contribution in [0.1, 0.15) is 37.0 Å². The quantitative estimate of drug-likeness (QED) is 0.795. The molecule has 20 heavy (non-hydrogen) atoms. The van der Waals surface area contributed by atoms with Gasteiger partial charge in [0.15, 0.2) is 11.4 Å². The first-order valence-corrected chi connectivity index (χ1v) is 6.64. The molecule has 5 heteroatoms. The number of aromatic hydroxyl groups is 1. The number of Topliss-reactive ketones (excluding diaryl/α,β-unsaturated/α-hetero) is 1. The van der Waals surface area contributed by atoms with Crippen LogP contribution in [0.2, 0.25) is 0 Å². The summed E-state index contributed by atoms with van der Waals surface area (Å²) < 4.78 is 11.2. The van der Waals surface area contributed by atoms with E-state index in [2.05, 4.69) is 0 Å². The van der Waals surface area contributed by atoms with Gasteiger partial charge in [-0.25, -0.2) is 0 Å². The summed E-state index contributed by atoms with van der Waals surface area (Å²) in [5.41, 5.74) is -0.675. The maximum Gasteiger partial charge on any atom is 0.306 e. The van der Waals surface area contributed by atoms with Crippen molar-refractivity contribution in [3.05, 3.63) is 23.8 Å². The van der Waals surface area contributed by atoms with Gasteiger partial charge in [0.25, 0.3) is 0 Å². The number of hydrogen-bond donors (Lipinski definition) is 1. The Morgan fingerprint density at radius 2 is 2.10 bits per heavy atom. The van der Waals surface area contributed by atoms with Gasteiger partial charge in [0.05, 0.1) is 12.8 Å². The average molecular weight is 276 g/mol. The predicted molar refractivity (Wildman–Crippen MR) is 69.7 cm³/mol. The normalized spacial score (nSPS) is 32.5. The number of phenols is 1. The summed E-state index contributed by atoms with van der Waals surface area (Å²) in [6.45, 7) is 3.68. The van der Waals surface area contributed by atoms with Gasteiger partial charge >= 0.3 is 5.97 Å². The minimum Gasteiger partial charge on any atom is -0.507 e. The summed E-state index contributed by atoms with van der Waals surface area (Å²) in [4.78, 5) is 23.7. The van der Waals surface area contributed by atoms with E-state index in [1.807, 2.05) is 6.92 Å². The van der Waals surface area contributed by atoms with Crippen molar-refractivity contribution in [2.75, 3.05) is 0 Å². The molecular formula is C15H16O5. The first kappa shape index (κ1) is 13.0. The summed E-state index contributed by atoms with van der Waals surface area (Å²) in [6, 6.07) is 4.73. The highest BCUT2D eigenvalue weighted by molar-refractivity contribution is 6.02. The average Bonchev–Trinajstić information content (AvgIpc) is 2.68. The fourth-order valence-corrected chi connectivity index (χ4v) is 3.14. The van der Waals surface area contributed by atoms with Gasteiger partial charge in [-0.2, -0.15) is 0 Å². The zero-order valence-electron chi connectivity index (χ0n) is 11.4. The van der Waals surface area contributed by atoms with E-state index in [0.717, 1.165) is 0 Å². The number of rotatable bonds is 1. The summed E-state index contributed by atoms with van der Waals surface area (Å²) in [5, 5.41) is 9.77. The molecule has 2 aliphatic heterocycles. The molecule has 1 fully saturated rings. The third-order valence-electron chi connectivity index (χ3n) is 4.00. The van der Waals surface area contributed by atoms with Crippen LogP contribution in [0.3, 0.4) is 0 Å². The number of carbonyl (C=O) groups excluding carboxylic acids is 2. The molecule has 3 atom stereocenters. The van der Waals surface area contributed by atoms with E-state index >= 15 is 0 Å². The molecule has 2 heterocycles. The molecule has 0 amide bonds. The van der Waals surface area contributed by atoms with E-state index in [-0.39, 0.29) is 35.4 Å². The highest BCUT2D eigenvalue weighted by atomic mass is 16.6. The lowest BCUT2D eigenvalue weighted by Crippen LogP contribution is -2.51. The minimum absolute atomic E-state index is 0.000779. The second-order valence-corrected chi connectivity index (χ2v) is 5.76. The van der Waals surface area contributed by atoms with Crippen LogP contribution in [-0.4, -0.2) is 28.6 Å². The molecule has 3 rings (SSSR count). The van der Waals surface area contributed by atoms with E-state index < -0.39 is 11.7 Å². The summed E-state index contributed by atoms with van der Waals surface area (Å²) in [6.07, 6.45) is -0.0284. The molecule has 0 radical (unpaired) electrons. The van der Waals surface area contributed by atoms with Crippen molar-refractivity contribution in [2.45, 2.75) is 38.4 Å². The van der Waals surface area contributed by atoms with Crippen molar-refractivity contribution in [1.29, 1.82) is 0 Å². The molecule has 1 aromatic rings. The Morgan fingerprint density at radius 1 is 1.35 bits per heavy atom. The number of ketones is 1. The van der Waals surface area contributed by atoms with Crippen molar-refractivity contribution in [3.63, 3.8) is 0 Å².